The zero-order valence-corrected chi connectivity index (χ0v) is 13.2. The standard InChI is InChI=1S/C19H23NO/c1-13(2)15-8-10-18(11-9-15)20-19(21)17-7-5-6-16(12-17)14(3)4/h5-14H,1-4H3,(H,20,21). The first-order valence-corrected chi connectivity index (χ1v) is 7.48. The van der Waals surface area contributed by atoms with Crippen molar-refractivity contribution in [3.63, 3.8) is 0 Å². The van der Waals surface area contributed by atoms with Crippen LogP contribution in [0.25, 0.3) is 0 Å². The molecular weight excluding hydrogens is 258 g/mol. The summed E-state index contributed by atoms with van der Waals surface area (Å²) in [5, 5.41) is 2.95. The second-order valence-electron chi connectivity index (χ2n) is 6.01. The van der Waals surface area contributed by atoms with Crippen molar-refractivity contribution in [1.29, 1.82) is 0 Å². The molecule has 0 heterocycles. The van der Waals surface area contributed by atoms with Gasteiger partial charge in [-0.05, 0) is 47.2 Å². The van der Waals surface area contributed by atoms with Gasteiger partial charge in [0.15, 0.2) is 0 Å². The molecule has 0 aliphatic carbocycles. The molecule has 0 spiro atoms. The summed E-state index contributed by atoms with van der Waals surface area (Å²) in [6.45, 7) is 8.57. The van der Waals surface area contributed by atoms with Crippen LogP contribution in [0.2, 0.25) is 0 Å². The number of rotatable bonds is 4. The summed E-state index contributed by atoms with van der Waals surface area (Å²) in [5.41, 5.74) is 3.99. The zero-order valence-electron chi connectivity index (χ0n) is 13.2. The van der Waals surface area contributed by atoms with E-state index in [0.717, 1.165) is 5.69 Å². The van der Waals surface area contributed by atoms with E-state index in [1.807, 2.05) is 30.3 Å². The van der Waals surface area contributed by atoms with Crippen LogP contribution < -0.4 is 5.32 Å². The van der Waals surface area contributed by atoms with E-state index in [2.05, 4.69) is 51.2 Å². The van der Waals surface area contributed by atoms with Gasteiger partial charge in [-0.15, -0.1) is 0 Å². The molecule has 2 rings (SSSR count). The number of anilines is 1. The van der Waals surface area contributed by atoms with Crippen LogP contribution in [0.3, 0.4) is 0 Å². The van der Waals surface area contributed by atoms with Gasteiger partial charge < -0.3 is 5.32 Å². The number of nitrogens with one attached hydrogen (secondary N) is 1. The van der Waals surface area contributed by atoms with E-state index in [9.17, 15) is 4.79 Å². The van der Waals surface area contributed by atoms with E-state index in [0.29, 0.717) is 17.4 Å². The average molecular weight is 281 g/mol. The topological polar surface area (TPSA) is 29.1 Å². The van der Waals surface area contributed by atoms with Gasteiger partial charge in [-0.25, -0.2) is 0 Å². The fraction of sp³-hybridized carbons (Fsp3) is 0.316. The Morgan fingerprint density at radius 1 is 0.857 bits per heavy atom. The van der Waals surface area contributed by atoms with Crippen LogP contribution in [0.5, 0.6) is 0 Å². The van der Waals surface area contributed by atoms with E-state index in [4.69, 9.17) is 0 Å². The summed E-state index contributed by atoms with van der Waals surface area (Å²) >= 11 is 0. The van der Waals surface area contributed by atoms with Crippen molar-refractivity contribution in [3.8, 4) is 0 Å². The number of carbonyl (C=O) groups excluding carboxylic acids is 1. The first-order chi connectivity index (χ1) is 9.97. The zero-order chi connectivity index (χ0) is 15.4. The lowest BCUT2D eigenvalue weighted by molar-refractivity contribution is 0.102. The second-order valence-corrected chi connectivity index (χ2v) is 6.01. The Hall–Kier alpha value is -2.09. The molecular formula is C19H23NO. The lowest BCUT2D eigenvalue weighted by atomic mass is 10.0. The van der Waals surface area contributed by atoms with Crippen LogP contribution in [0, 0.1) is 0 Å². The van der Waals surface area contributed by atoms with Crippen molar-refractivity contribution in [2.24, 2.45) is 0 Å². The molecule has 110 valence electrons. The first kappa shape index (κ1) is 15.3. The lowest BCUT2D eigenvalue weighted by Crippen LogP contribution is -2.12. The minimum Gasteiger partial charge on any atom is -0.322 e. The Morgan fingerprint density at radius 3 is 2.05 bits per heavy atom. The molecule has 0 fully saturated rings. The van der Waals surface area contributed by atoms with E-state index in [1.54, 1.807) is 0 Å². The summed E-state index contributed by atoms with van der Waals surface area (Å²) in [7, 11) is 0. The largest absolute Gasteiger partial charge is 0.322 e. The molecule has 1 N–H and O–H groups in total. The number of carbonyl (C=O) groups is 1. The average Bonchev–Trinajstić information content (AvgIpc) is 2.48. The molecule has 0 radical (unpaired) electrons. The molecule has 0 aliphatic rings. The van der Waals surface area contributed by atoms with E-state index < -0.39 is 0 Å². The molecule has 2 nitrogen and oxygen atoms in total. The van der Waals surface area contributed by atoms with Gasteiger partial charge in [0.05, 0.1) is 0 Å². The number of amides is 1. The van der Waals surface area contributed by atoms with Gasteiger partial charge in [0.2, 0.25) is 0 Å². The summed E-state index contributed by atoms with van der Waals surface area (Å²) in [6, 6.07) is 15.8. The Morgan fingerprint density at radius 2 is 1.48 bits per heavy atom. The van der Waals surface area contributed by atoms with Gasteiger partial charge in [-0.3, -0.25) is 4.79 Å². The number of benzene rings is 2. The third-order valence-corrected chi connectivity index (χ3v) is 3.65. The fourth-order valence-corrected chi connectivity index (χ4v) is 2.19. The monoisotopic (exact) mass is 281 g/mol. The maximum atomic E-state index is 12.3. The fourth-order valence-electron chi connectivity index (χ4n) is 2.19. The normalized spacial score (nSPS) is 11.0. The molecule has 0 aromatic heterocycles. The van der Waals surface area contributed by atoms with E-state index in [-0.39, 0.29) is 5.91 Å². The first-order valence-electron chi connectivity index (χ1n) is 7.48. The SMILES string of the molecule is CC(C)c1ccc(NC(=O)c2cccc(C(C)C)c2)cc1. The predicted molar refractivity (Wildman–Crippen MR) is 89.0 cm³/mol. The van der Waals surface area contributed by atoms with Gasteiger partial charge in [-0.2, -0.15) is 0 Å². The van der Waals surface area contributed by atoms with Gasteiger partial charge in [0, 0.05) is 11.3 Å². The van der Waals surface area contributed by atoms with Crippen LogP contribution in [0.15, 0.2) is 48.5 Å². The summed E-state index contributed by atoms with van der Waals surface area (Å²) in [6.07, 6.45) is 0. The van der Waals surface area contributed by atoms with Gasteiger partial charge >= 0.3 is 0 Å². The van der Waals surface area contributed by atoms with Crippen LogP contribution in [-0.2, 0) is 0 Å². The number of hydrogen-bond acceptors (Lipinski definition) is 1. The molecule has 2 aromatic rings. The summed E-state index contributed by atoms with van der Waals surface area (Å²) in [4.78, 5) is 12.3. The van der Waals surface area contributed by atoms with Crippen LogP contribution in [0.1, 0.15) is 61.0 Å². The third-order valence-electron chi connectivity index (χ3n) is 3.65. The lowest BCUT2D eigenvalue weighted by Gasteiger charge is -2.10. The Balaban J connectivity index is 2.12. The second kappa shape index (κ2) is 6.57. The summed E-state index contributed by atoms with van der Waals surface area (Å²) in [5.74, 6) is 0.857. The predicted octanol–water partition coefficient (Wildman–Crippen LogP) is 5.19. The van der Waals surface area contributed by atoms with E-state index in [1.165, 1.54) is 11.1 Å². The molecule has 0 atom stereocenters. The molecule has 0 unspecified atom stereocenters. The van der Waals surface area contributed by atoms with Crippen molar-refractivity contribution >= 4 is 11.6 Å². The van der Waals surface area contributed by atoms with E-state index >= 15 is 0 Å². The minimum atomic E-state index is -0.0604. The molecule has 0 aliphatic heterocycles. The van der Waals surface area contributed by atoms with Crippen molar-refractivity contribution in [2.75, 3.05) is 5.32 Å². The highest BCUT2D eigenvalue weighted by molar-refractivity contribution is 6.04. The maximum absolute atomic E-state index is 12.3. The van der Waals surface area contributed by atoms with Crippen molar-refractivity contribution in [3.05, 3.63) is 65.2 Å². The molecule has 0 saturated carbocycles. The minimum absolute atomic E-state index is 0.0604. The Bertz CT molecular complexity index is 612. The van der Waals surface area contributed by atoms with Crippen LogP contribution >= 0.6 is 0 Å². The maximum Gasteiger partial charge on any atom is 0.255 e. The van der Waals surface area contributed by atoms with Crippen molar-refractivity contribution < 1.29 is 4.79 Å². The third kappa shape index (κ3) is 3.94. The highest BCUT2D eigenvalue weighted by atomic mass is 16.1. The molecule has 2 aromatic carbocycles. The van der Waals surface area contributed by atoms with Crippen molar-refractivity contribution in [2.45, 2.75) is 39.5 Å². The highest BCUT2D eigenvalue weighted by Gasteiger charge is 2.08. The summed E-state index contributed by atoms with van der Waals surface area (Å²) < 4.78 is 0. The number of hydrogen-bond donors (Lipinski definition) is 1. The Kier molecular flexibility index (Phi) is 4.79. The molecule has 21 heavy (non-hydrogen) atoms. The quantitative estimate of drug-likeness (QED) is 0.821. The smallest absolute Gasteiger partial charge is 0.255 e. The van der Waals surface area contributed by atoms with Crippen LogP contribution in [0.4, 0.5) is 5.69 Å². The Labute approximate surface area is 127 Å². The molecule has 0 saturated heterocycles. The molecule has 2 heteroatoms. The van der Waals surface area contributed by atoms with Gasteiger partial charge in [-0.1, -0.05) is 52.0 Å². The van der Waals surface area contributed by atoms with Crippen molar-refractivity contribution in [1.82, 2.24) is 0 Å². The van der Waals surface area contributed by atoms with Gasteiger partial charge in [0.1, 0.15) is 0 Å². The van der Waals surface area contributed by atoms with Gasteiger partial charge in [0.25, 0.3) is 5.91 Å². The molecule has 1 amide bonds. The molecule has 0 bridgehead atoms. The van der Waals surface area contributed by atoms with Crippen LogP contribution in [-0.4, -0.2) is 5.91 Å². The highest BCUT2D eigenvalue weighted by Crippen LogP contribution is 2.19.